The highest BCUT2D eigenvalue weighted by atomic mass is 16.5. The number of aliphatic hydroxyl groups is 2. The van der Waals surface area contributed by atoms with Gasteiger partial charge in [-0.25, -0.2) is 19.7 Å². The van der Waals surface area contributed by atoms with Crippen molar-refractivity contribution in [3.05, 3.63) is 83.0 Å². The molecule has 0 saturated carbocycles. The summed E-state index contributed by atoms with van der Waals surface area (Å²) in [5, 5.41) is 36.3. The molecule has 9 N–H and O–H groups in total. The highest BCUT2D eigenvalue weighted by molar-refractivity contribution is 6.12. The molecule has 0 spiro atoms. The molecule has 23 nitrogen and oxygen atoms in total. The quantitative estimate of drug-likeness (QED) is 0.0275. The molecule has 0 aliphatic rings. The molecule has 0 aliphatic carbocycles. The molecule has 364 valence electrons. The van der Waals surface area contributed by atoms with Gasteiger partial charge in [-0.3, -0.25) is 29.1 Å². The number of nitrogens with two attached hydrogens (primary N) is 2. The summed E-state index contributed by atoms with van der Waals surface area (Å²) in [4.78, 5) is 65.8. The third kappa shape index (κ3) is 11.1. The van der Waals surface area contributed by atoms with Gasteiger partial charge in [0.25, 0.3) is 5.91 Å². The molecule has 7 rings (SSSR count). The molecular formula is C46H56N14O9. The smallest absolute Gasteiger partial charge is 0.314 e. The van der Waals surface area contributed by atoms with E-state index in [-0.39, 0.29) is 55.6 Å². The maximum atomic E-state index is 13.9. The zero-order chi connectivity index (χ0) is 49.4. The number of primary amides is 2. The molecule has 0 bridgehead atoms. The molecule has 69 heavy (non-hydrogen) atoms. The molecule has 5 heterocycles. The van der Waals surface area contributed by atoms with Gasteiger partial charge in [0.15, 0.2) is 12.1 Å². The number of urea groups is 1. The van der Waals surface area contributed by atoms with Crippen molar-refractivity contribution in [1.82, 2.24) is 54.3 Å². The van der Waals surface area contributed by atoms with Crippen molar-refractivity contribution in [2.75, 3.05) is 45.3 Å². The molecule has 0 atom stereocenters. The van der Waals surface area contributed by atoms with Crippen LogP contribution in [0.1, 0.15) is 69.3 Å². The van der Waals surface area contributed by atoms with E-state index in [0.29, 0.717) is 95.1 Å². The minimum Gasteiger partial charge on any atom is -0.491 e. The number of benzene rings is 2. The average Bonchev–Trinajstić information content (AvgIpc) is 4.08. The molecule has 7 aromatic rings. The van der Waals surface area contributed by atoms with E-state index in [1.165, 1.54) is 12.1 Å². The van der Waals surface area contributed by atoms with E-state index in [1.807, 2.05) is 48.2 Å². The van der Waals surface area contributed by atoms with E-state index >= 15 is 0 Å². The average molecular weight is 949 g/mol. The molecule has 2 aromatic carbocycles. The number of nitrogens with zero attached hydrogens (tertiary/aromatic N) is 9. The van der Waals surface area contributed by atoms with Crippen molar-refractivity contribution in [3.8, 4) is 23.0 Å². The molecule has 5 amide bonds. The Kier molecular flexibility index (Phi) is 15.5. The van der Waals surface area contributed by atoms with Gasteiger partial charge in [0.1, 0.15) is 34.1 Å². The standard InChI is InChI=1S/C46H56N14O9/c1-6-59-33(18-26(3)55-59)42-50-24-31-30-20-28(40(47)63)22-35(69-17-11-15-67-5)38(30)57(43(31)53-42)13-8-9-14-58-39-32(52-45(58)54-44(65)34-19-27(4)56-60(34)7-2)21-29(41(48)64)23-36(39)68-16-10-12-49-46(66)51-25-37(61)62/h8-9,18-24,37,61-62H,6-7,10-17,25H2,1-5H3,(H2,47,63)(H2,48,64)(H2,49,51,66)(H,52,54,65)/b9-8+. The lowest BCUT2D eigenvalue weighted by Crippen LogP contribution is -2.40. The van der Waals surface area contributed by atoms with Crippen molar-refractivity contribution in [3.63, 3.8) is 0 Å². The van der Waals surface area contributed by atoms with E-state index < -0.39 is 30.0 Å². The summed E-state index contributed by atoms with van der Waals surface area (Å²) in [6.45, 7) is 9.59. The number of hydrogen-bond acceptors (Lipinski definition) is 14. The Balaban J connectivity index is 1.29. The lowest BCUT2D eigenvalue weighted by atomic mass is 10.1. The Morgan fingerprint density at radius 1 is 0.768 bits per heavy atom. The van der Waals surface area contributed by atoms with Crippen LogP contribution in [0.15, 0.2) is 54.7 Å². The fourth-order valence-corrected chi connectivity index (χ4v) is 7.82. The van der Waals surface area contributed by atoms with Crippen LogP contribution < -0.4 is 36.9 Å². The number of imidazole rings is 1. The van der Waals surface area contributed by atoms with Crippen molar-refractivity contribution in [2.45, 2.75) is 73.0 Å². The molecule has 5 aromatic heterocycles. The van der Waals surface area contributed by atoms with Crippen LogP contribution in [-0.4, -0.2) is 124 Å². The molecule has 0 aliphatic heterocycles. The first-order valence-corrected chi connectivity index (χ1v) is 22.4. The van der Waals surface area contributed by atoms with Crippen LogP contribution in [-0.2, 0) is 30.9 Å². The SMILES string of the molecule is CCn1nc(C)cc1C(=O)Nc1nc2cc(C(N)=O)cc(OCCCNC(=O)NCC(O)O)c2n1C/C=C/Cn1c2nc(-c3cc(C)nn3CC)ncc2c2cc(C(N)=O)cc(OCCCOC)c21. The number of amides is 5. The molecule has 23 heteroatoms. The highest BCUT2D eigenvalue weighted by Gasteiger charge is 2.24. The van der Waals surface area contributed by atoms with Crippen molar-refractivity contribution < 1.29 is 43.6 Å². The first-order chi connectivity index (χ1) is 33.2. The fourth-order valence-electron chi connectivity index (χ4n) is 7.82. The third-order valence-corrected chi connectivity index (χ3v) is 10.9. The third-order valence-electron chi connectivity index (χ3n) is 10.9. The van der Waals surface area contributed by atoms with Gasteiger partial charge in [-0.15, -0.1) is 0 Å². The van der Waals surface area contributed by atoms with Gasteiger partial charge in [-0.2, -0.15) is 10.2 Å². The largest absolute Gasteiger partial charge is 0.491 e. The monoisotopic (exact) mass is 948 g/mol. The maximum Gasteiger partial charge on any atom is 0.314 e. The second kappa shape index (κ2) is 21.8. The summed E-state index contributed by atoms with van der Waals surface area (Å²) in [6, 6.07) is 9.33. The van der Waals surface area contributed by atoms with Gasteiger partial charge in [0.2, 0.25) is 17.8 Å². The van der Waals surface area contributed by atoms with Crippen LogP contribution in [0, 0.1) is 13.8 Å². The van der Waals surface area contributed by atoms with Crippen LogP contribution in [0.5, 0.6) is 11.5 Å². The number of allylic oxidation sites excluding steroid dienone is 2. The van der Waals surface area contributed by atoms with Gasteiger partial charge in [0.05, 0.1) is 42.2 Å². The lowest BCUT2D eigenvalue weighted by molar-refractivity contribution is -0.0352. The number of aryl methyl sites for hydroxylation is 4. The summed E-state index contributed by atoms with van der Waals surface area (Å²) < 4.78 is 24.9. The van der Waals surface area contributed by atoms with E-state index in [9.17, 15) is 19.2 Å². The lowest BCUT2D eigenvalue weighted by Gasteiger charge is -2.14. The minimum atomic E-state index is -1.70. The number of nitrogens with one attached hydrogen (secondary N) is 3. The van der Waals surface area contributed by atoms with Gasteiger partial charge >= 0.3 is 6.03 Å². The molecule has 0 unspecified atom stereocenters. The maximum absolute atomic E-state index is 13.9. The molecule has 0 fully saturated rings. The number of ether oxygens (including phenoxy) is 3. The van der Waals surface area contributed by atoms with Crippen LogP contribution >= 0.6 is 0 Å². The molecular weight excluding hydrogens is 893 g/mol. The van der Waals surface area contributed by atoms with Crippen LogP contribution in [0.25, 0.3) is 44.5 Å². The second-order valence-electron chi connectivity index (χ2n) is 15.9. The Hall–Kier alpha value is -7.89. The van der Waals surface area contributed by atoms with Crippen LogP contribution in [0.4, 0.5) is 10.7 Å². The van der Waals surface area contributed by atoms with Crippen LogP contribution in [0.3, 0.4) is 0 Å². The summed E-state index contributed by atoms with van der Waals surface area (Å²) in [5.41, 5.74) is 16.4. The topological polar surface area (TPSA) is 309 Å². The Labute approximate surface area is 395 Å². The second-order valence-corrected chi connectivity index (χ2v) is 15.9. The van der Waals surface area contributed by atoms with E-state index in [2.05, 4.69) is 26.1 Å². The van der Waals surface area contributed by atoms with E-state index in [0.717, 1.165) is 11.4 Å². The number of fused-ring (bicyclic) bond motifs is 4. The summed E-state index contributed by atoms with van der Waals surface area (Å²) in [7, 11) is 1.61. The number of anilines is 1. The Morgan fingerprint density at radius 2 is 1.42 bits per heavy atom. The number of methoxy groups -OCH3 is 1. The highest BCUT2D eigenvalue weighted by Crippen LogP contribution is 2.37. The van der Waals surface area contributed by atoms with Gasteiger partial charge in [0, 0.05) is 81.0 Å². The predicted octanol–water partition coefficient (Wildman–Crippen LogP) is 3.15. The first-order valence-electron chi connectivity index (χ1n) is 22.4. The van der Waals surface area contributed by atoms with E-state index in [4.69, 9.17) is 50.8 Å². The van der Waals surface area contributed by atoms with Crippen molar-refractivity contribution in [1.29, 1.82) is 0 Å². The number of hydrogen-bond donors (Lipinski definition) is 7. The molecule has 0 saturated heterocycles. The predicted molar refractivity (Wildman–Crippen MR) is 255 cm³/mol. The first kappa shape index (κ1) is 49.0. The normalized spacial score (nSPS) is 11.7. The number of aliphatic hydroxyl groups excluding tert-OH is 1. The number of aromatic nitrogens is 9. The van der Waals surface area contributed by atoms with Gasteiger partial charge < -0.3 is 55.7 Å². The summed E-state index contributed by atoms with van der Waals surface area (Å²) in [5.74, 6) is -0.593. The van der Waals surface area contributed by atoms with Crippen LogP contribution in [0.2, 0.25) is 0 Å². The fraction of sp³-hybridized carbons (Fsp3) is 0.370. The van der Waals surface area contributed by atoms with E-state index in [1.54, 1.807) is 47.7 Å². The van der Waals surface area contributed by atoms with Gasteiger partial charge in [-0.05, 0) is 70.5 Å². The number of rotatable bonds is 23. The Bertz CT molecular complexity index is 3060. The van der Waals surface area contributed by atoms with Crippen molar-refractivity contribution in [2.24, 2.45) is 11.5 Å². The number of carbonyl (C=O) groups excluding carboxylic acids is 4. The zero-order valence-corrected chi connectivity index (χ0v) is 39.0. The Morgan fingerprint density at radius 3 is 2.10 bits per heavy atom. The zero-order valence-electron chi connectivity index (χ0n) is 39.0. The van der Waals surface area contributed by atoms with Crippen molar-refractivity contribution >= 4 is 62.7 Å². The summed E-state index contributed by atoms with van der Waals surface area (Å²) in [6.07, 6.45) is 4.71. The molecule has 0 radical (unpaired) electrons. The number of carbonyl (C=O) groups is 4. The van der Waals surface area contributed by atoms with Gasteiger partial charge in [-0.1, -0.05) is 12.2 Å². The summed E-state index contributed by atoms with van der Waals surface area (Å²) >= 11 is 0. The minimum absolute atomic E-state index is 0.0709.